The number of benzene rings is 1. The summed E-state index contributed by atoms with van der Waals surface area (Å²) < 4.78 is 7.23. The molecule has 106 valence electrons. The van der Waals surface area contributed by atoms with Crippen molar-refractivity contribution in [2.24, 2.45) is 0 Å². The topological polar surface area (TPSA) is 59.4 Å². The van der Waals surface area contributed by atoms with Crippen molar-refractivity contribution in [3.05, 3.63) is 26.7 Å². The van der Waals surface area contributed by atoms with Crippen LogP contribution in [0.25, 0.3) is 10.2 Å². The van der Waals surface area contributed by atoms with Gasteiger partial charge in [0.2, 0.25) is 0 Å². The third-order valence-corrected chi connectivity index (χ3v) is 5.83. The molecule has 1 N–H and O–H groups in total. The number of aromatic carboxylic acids is 1. The first-order chi connectivity index (χ1) is 9.58. The third-order valence-electron chi connectivity index (χ3n) is 3.69. The van der Waals surface area contributed by atoms with Gasteiger partial charge in [0.05, 0.1) is 20.8 Å². The van der Waals surface area contributed by atoms with Crippen molar-refractivity contribution in [2.75, 3.05) is 13.2 Å². The van der Waals surface area contributed by atoms with E-state index in [9.17, 15) is 9.90 Å². The predicted molar refractivity (Wildman–Crippen MR) is 81.8 cm³/mol. The first-order valence-corrected chi connectivity index (χ1v) is 8.09. The number of thiazole rings is 1. The highest BCUT2D eigenvalue weighted by atomic mass is 79.9. The van der Waals surface area contributed by atoms with E-state index in [-0.39, 0.29) is 0 Å². The number of halogens is 1. The van der Waals surface area contributed by atoms with Crippen LogP contribution in [0.1, 0.15) is 39.7 Å². The van der Waals surface area contributed by atoms with E-state index in [0.717, 1.165) is 51.3 Å². The molecule has 2 heterocycles. The largest absolute Gasteiger partial charge is 0.478 e. The number of carboxylic acid groups (broad SMARTS) is 1. The number of aryl methyl sites for hydroxylation is 1. The maximum Gasteiger partial charge on any atom is 0.336 e. The normalized spacial score (nSPS) is 16.7. The summed E-state index contributed by atoms with van der Waals surface area (Å²) in [7, 11) is 0. The summed E-state index contributed by atoms with van der Waals surface area (Å²) >= 11 is 5.13. The summed E-state index contributed by atoms with van der Waals surface area (Å²) in [6.07, 6.45) is 1.98. The Morgan fingerprint density at radius 2 is 2.20 bits per heavy atom. The van der Waals surface area contributed by atoms with Gasteiger partial charge in [-0.05, 0) is 47.3 Å². The highest BCUT2D eigenvalue weighted by molar-refractivity contribution is 9.10. The van der Waals surface area contributed by atoms with E-state index in [4.69, 9.17) is 9.72 Å². The maximum absolute atomic E-state index is 11.3. The molecule has 0 aliphatic carbocycles. The lowest BCUT2D eigenvalue weighted by Crippen LogP contribution is -2.13. The average Bonchev–Trinajstić information content (AvgIpc) is 2.89. The Morgan fingerprint density at radius 3 is 2.85 bits per heavy atom. The van der Waals surface area contributed by atoms with Crippen molar-refractivity contribution in [3.8, 4) is 0 Å². The van der Waals surface area contributed by atoms with Gasteiger partial charge in [-0.25, -0.2) is 9.78 Å². The predicted octanol–water partition coefficient (Wildman–Crippen LogP) is 3.96. The van der Waals surface area contributed by atoms with Gasteiger partial charge in [0.1, 0.15) is 0 Å². The molecule has 0 radical (unpaired) electrons. The molecule has 20 heavy (non-hydrogen) atoms. The van der Waals surface area contributed by atoms with Crippen LogP contribution in [0, 0.1) is 6.92 Å². The molecule has 2 aromatic rings. The smallest absolute Gasteiger partial charge is 0.336 e. The van der Waals surface area contributed by atoms with Crippen LogP contribution in [0.15, 0.2) is 10.5 Å². The van der Waals surface area contributed by atoms with Crippen LogP contribution >= 0.6 is 27.3 Å². The van der Waals surface area contributed by atoms with E-state index < -0.39 is 5.97 Å². The van der Waals surface area contributed by atoms with Crippen LogP contribution in [0.5, 0.6) is 0 Å². The molecule has 0 unspecified atom stereocenters. The summed E-state index contributed by atoms with van der Waals surface area (Å²) in [5.41, 5.74) is 1.86. The van der Waals surface area contributed by atoms with E-state index in [1.807, 2.05) is 6.92 Å². The van der Waals surface area contributed by atoms with Gasteiger partial charge in [-0.15, -0.1) is 11.3 Å². The Balaban J connectivity index is 2.12. The lowest BCUT2D eigenvalue weighted by Gasteiger charge is -2.19. The van der Waals surface area contributed by atoms with Gasteiger partial charge in [0, 0.05) is 23.6 Å². The highest BCUT2D eigenvalue weighted by Crippen LogP contribution is 2.38. The van der Waals surface area contributed by atoms with E-state index in [2.05, 4.69) is 15.9 Å². The fraction of sp³-hybridized carbons (Fsp3) is 0.429. The van der Waals surface area contributed by atoms with E-state index in [1.54, 1.807) is 17.4 Å². The fourth-order valence-corrected chi connectivity index (χ4v) is 4.38. The molecule has 1 fully saturated rings. The molecule has 0 saturated carbocycles. The number of carbonyl (C=O) groups is 1. The van der Waals surface area contributed by atoms with Gasteiger partial charge in [-0.2, -0.15) is 0 Å². The first-order valence-electron chi connectivity index (χ1n) is 6.48. The maximum atomic E-state index is 11.3. The van der Waals surface area contributed by atoms with Crippen LogP contribution in [-0.4, -0.2) is 29.3 Å². The van der Waals surface area contributed by atoms with Gasteiger partial charge in [-0.3, -0.25) is 0 Å². The molecule has 1 saturated heterocycles. The van der Waals surface area contributed by atoms with Crippen LogP contribution in [0.2, 0.25) is 0 Å². The zero-order valence-electron chi connectivity index (χ0n) is 11.0. The molecule has 0 bridgehead atoms. The molecular weight excluding hydrogens is 342 g/mol. The monoisotopic (exact) mass is 355 g/mol. The number of hydrogen-bond donors (Lipinski definition) is 1. The summed E-state index contributed by atoms with van der Waals surface area (Å²) in [4.78, 5) is 16.0. The summed E-state index contributed by atoms with van der Waals surface area (Å²) in [6.45, 7) is 3.38. The Kier molecular flexibility index (Phi) is 3.79. The van der Waals surface area contributed by atoms with Crippen LogP contribution in [-0.2, 0) is 4.74 Å². The Bertz CT molecular complexity index is 677. The minimum absolute atomic E-state index is 0.313. The van der Waals surface area contributed by atoms with Crippen LogP contribution in [0.4, 0.5) is 0 Å². The Labute approximate surface area is 128 Å². The molecule has 0 spiro atoms. The van der Waals surface area contributed by atoms with Gasteiger partial charge < -0.3 is 9.84 Å². The Hall–Kier alpha value is -0.980. The van der Waals surface area contributed by atoms with Crippen molar-refractivity contribution in [2.45, 2.75) is 25.7 Å². The van der Waals surface area contributed by atoms with Gasteiger partial charge in [0.15, 0.2) is 0 Å². The Morgan fingerprint density at radius 1 is 1.50 bits per heavy atom. The standard InChI is InChI=1S/C14H14BrNO3S/c1-7-9(14(17)18)6-10(15)12-11(7)16-13(20-12)8-2-4-19-5-3-8/h6,8H,2-5H2,1H3,(H,17,18). The van der Waals surface area contributed by atoms with Crippen molar-refractivity contribution >= 4 is 43.5 Å². The van der Waals surface area contributed by atoms with Crippen molar-refractivity contribution in [1.29, 1.82) is 0 Å². The number of aromatic nitrogens is 1. The minimum atomic E-state index is -0.911. The minimum Gasteiger partial charge on any atom is -0.478 e. The highest BCUT2D eigenvalue weighted by Gasteiger charge is 2.22. The quantitative estimate of drug-likeness (QED) is 0.885. The molecule has 6 heteroatoms. The number of hydrogen-bond acceptors (Lipinski definition) is 4. The number of nitrogens with zero attached hydrogens (tertiary/aromatic N) is 1. The molecular formula is C14H14BrNO3S. The molecule has 1 aliphatic heterocycles. The van der Waals surface area contributed by atoms with Crippen LogP contribution in [0.3, 0.4) is 0 Å². The number of fused-ring (bicyclic) bond motifs is 1. The lowest BCUT2D eigenvalue weighted by molar-refractivity contribution is 0.0696. The molecule has 0 atom stereocenters. The van der Waals surface area contributed by atoms with Crippen molar-refractivity contribution in [1.82, 2.24) is 4.98 Å². The summed E-state index contributed by atoms with van der Waals surface area (Å²) in [6, 6.07) is 1.67. The lowest BCUT2D eigenvalue weighted by atomic mass is 10.0. The summed E-state index contributed by atoms with van der Waals surface area (Å²) in [5, 5.41) is 10.3. The zero-order chi connectivity index (χ0) is 14.3. The molecule has 1 aromatic carbocycles. The SMILES string of the molecule is Cc1c(C(=O)O)cc(Br)c2sc(C3CCOCC3)nc12. The second-order valence-electron chi connectivity index (χ2n) is 4.95. The van der Waals surface area contributed by atoms with E-state index >= 15 is 0 Å². The van der Waals surface area contributed by atoms with Crippen LogP contribution < -0.4 is 0 Å². The molecule has 1 aromatic heterocycles. The van der Waals surface area contributed by atoms with E-state index in [1.165, 1.54) is 0 Å². The van der Waals surface area contributed by atoms with Crippen molar-refractivity contribution < 1.29 is 14.6 Å². The van der Waals surface area contributed by atoms with E-state index in [0.29, 0.717) is 11.5 Å². The number of rotatable bonds is 2. The third kappa shape index (κ3) is 2.36. The zero-order valence-corrected chi connectivity index (χ0v) is 13.4. The average molecular weight is 356 g/mol. The molecule has 1 aliphatic rings. The molecule has 3 rings (SSSR count). The van der Waals surface area contributed by atoms with Gasteiger partial charge >= 0.3 is 5.97 Å². The second kappa shape index (κ2) is 5.42. The van der Waals surface area contributed by atoms with Gasteiger partial charge in [0.25, 0.3) is 0 Å². The molecule has 4 nitrogen and oxygen atoms in total. The second-order valence-corrected chi connectivity index (χ2v) is 6.84. The van der Waals surface area contributed by atoms with Crippen molar-refractivity contribution in [3.63, 3.8) is 0 Å². The fourth-order valence-electron chi connectivity index (χ4n) is 2.52. The number of carboxylic acids is 1. The summed E-state index contributed by atoms with van der Waals surface area (Å²) in [5.74, 6) is -0.480. The number of ether oxygens (including phenoxy) is 1. The van der Waals surface area contributed by atoms with Gasteiger partial charge in [-0.1, -0.05) is 0 Å². The first kappa shape index (κ1) is 14.0. The molecule has 0 amide bonds.